The molecule has 1 fully saturated rings. The second kappa shape index (κ2) is 6.19. The Morgan fingerprint density at radius 2 is 2.14 bits per heavy atom. The molecule has 0 unspecified atom stereocenters. The molecule has 1 saturated heterocycles. The minimum atomic E-state index is -0.0248. The van der Waals surface area contributed by atoms with E-state index in [1.54, 1.807) is 24.1 Å². The average molecular weight is 300 g/mol. The summed E-state index contributed by atoms with van der Waals surface area (Å²) in [6.45, 7) is 2.12. The summed E-state index contributed by atoms with van der Waals surface area (Å²) in [5.74, 6) is 1.17. The van der Waals surface area contributed by atoms with Crippen LogP contribution in [0.15, 0.2) is 36.5 Å². The standard InChI is InChI=1S/C16H20N4O2/c1-22-14-4-2-13(3-5-14)20-9-7-15(18-20)16(21)19-8-6-12(10-17)11-19/h2-5,7,9,12H,6,8,10-11,17H2,1H3/t12-/m0/s1. The van der Waals surface area contributed by atoms with Crippen LogP contribution < -0.4 is 10.5 Å². The number of methoxy groups -OCH3 is 1. The van der Waals surface area contributed by atoms with Gasteiger partial charge in [-0.3, -0.25) is 4.79 Å². The third-order valence-electron chi connectivity index (χ3n) is 4.05. The summed E-state index contributed by atoms with van der Waals surface area (Å²) in [4.78, 5) is 14.3. The van der Waals surface area contributed by atoms with Gasteiger partial charge < -0.3 is 15.4 Å². The number of rotatable bonds is 4. The molecule has 116 valence electrons. The summed E-state index contributed by atoms with van der Waals surface area (Å²) in [5.41, 5.74) is 7.03. The highest BCUT2D eigenvalue weighted by Crippen LogP contribution is 2.18. The van der Waals surface area contributed by atoms with Crippen LogP contribution in [0.4, 0.5) is 0 Å². The summed E-state index contributed by atoms with van der Waals surface area (Å²) in [7, 11) is 1.63. The van der Waals surface area contributed by atoms with Gasteiger partial charge in [0.25, 0.3) is 5.91 Å². The lowest BCUT2D eigenvalue weighted by Gasteiger charge is -2.14. The first-order valence-electron chi connectivity index (χ1n) is 7.40. The van der Waals surface area contributed by atoms with Gasteiger partial charge in [0.05, 0.1) is 12.8 Å². The second-order valence-electron chi connectivity index (χ2n) is 5.49. The minimum Gasteiger partial charge on any atom is -0.497 e. The van der Waals surface area contributed by atoms with Crippen molar-refractivity contribution >= 4 is 5.91 Å². The number of amides is 1. The van der Waals surface area contributed by atoms with Gasteiger partial charge in [0.15, 0.2) is 5.69 Å². The van der Waals surface area contributed by atoms with E-state index in [4.69, 9.17) is 10.5 Å². The molecule has 3 rings (SSSR count). The van der Waals surface area contributed by atoms with E-state index in [0.29, 0.717) is 18.2 Å². The lowest BCUT2D eigenvalue weighted by atomic mass is 10.1. The Labute approximate surface area is 129 Å². The van der Waals surface area contributed by atoms with E-state index in [1.165, 1.54) is 0 Å². The third kappa shape index (κ3) is 2.82. The van der Waals surface area contributed by atoms with Gasteiger partial charge in [-0.2, -0.15) is 5.10 Å². The monoisotopic (exact) mass is 300 g/mol. The maximum Gasteiger partial charge on any atom is 0.274 e. The van der Waals surface area contributed by atoms with Crippen molar-refractivity contribution in [1.82, 2.24) is 14.7 Å². The lowest BCUT2D eigenvalue weighted by Crippen LogP contribution is -2.30. The van der Waals surface area contributed by atoms with Crippen LogP contribution in [0.3, 0.4) is 0 Å². The van der Waals surface area contributed by atoms with Gasteiger partial charge in [-0.25, -0.2) is 4.68 Å². The Morgan fingerprint density at radius 1 is 1.36 bits per heavy atom. The molecule has 6 nitrogen and oxygen atoms in total. The van der Waals surface area contributed by atoms with E-state index in [0.717, 1.165) is 30.9 Å². The number of carbonyl (C=O) groups is 1. The topological polar surface area (TPSA) is 73.4 Å². The molecule has 1 amide bonds. The molecule has 1 aliphatic heterocycles. The Balaban J connectivity index is 1.74. The van der Waals surface area contributed by atoms with Crippen molar-refractivity contribution in [3.63, 3.8) is 0 Å². The van der Waals surface area contributed by atoms with Gasteiger partial charge in [-0.1, -0.05) is 0 Å². The Kier molecular flexibility index (Phi) is 4.11. The number of hydrogen-bond acceptors (Lipinski definition) is 4. The normalized spacial score (nSPS) is 17.7. The predicted molar refractivity (Wildman–Crippen MR) is 83.2 cm³/mol. The third-order valence-corrected chi connectivity index (χ3v) is 4.05. The molecule has 1 aliphatic rings. The fourth-order valence-electron chi connectivity index (χ4n) is 2.69. The number of hydrogen-bond donors (Lipinski definition) is 1. The number of aromatic nitrogens is 2. The fraction of sp³-hybridized carbons (Fsp3) is 0.375. The molecule has 0 aliphatic carbocycles. The maximum absolute atomic E-state index is 12.4. The van der Waals surface area contributed by atoms with Crippen molar-refractivity contribution in [2.75, 3.05) is 26.7 Å². The summed E-state index contributed by atoms with van der Waals surface area (Å²) in [6.07, 6.45) is 2.77. The number of nitrogens with two attached hydrogens (primary N) is 1. The summed E-state index contributed by atoms with van der Waals surface area (Å²) >= 11 is 0. The number of carbonyl (C=O) groups excluding carboxylic acids is 1. The van der Waals surface area contributed by atoms with E-state index in [2.05, 4.69) is 5.10 Å². The first kappa shape index (κ1) is 14.6. The van der Waals surface area contributed by atoms with Crippen LogP contribution in [0.5, 0.6) is 5.75 Å². The maximum atomic E-state index is 12.4. The molecule has 2 heterocycles. The molecule has 2 N–H and O–H groups in total. The second-order valence-corrected chi connectivity index (χ2v) is 5.49. The zero-order chi connectivity index (χ0) is 15.5. The highest BCUT2D eigenvalue weighted by Gasteiger charge is 2.27. The zero-order valence-corrected chi connectivity index (χ0v) is 12.6. The lowest BCUT2D eigenvalue weighted by molar-refractivity contribution is 0.0781. The van der Waals surface area contributed by atoms with Crippen LogP contribution >= 0.6 is 0 Å². The summed E-state index contributed by atoms with van der Waals surface area (Å²) in [6, 6.07) is 9.29. The fourth-order valence-corrected chi connectivity index (χ4v) is 2.69. The molecule has 0 bridgehead atoms. The van der Waals surface area contributed by atoms with E-state index in [-0.39, 0.29) is 5.91 Å². The van der Waals surface area contributed by atoms with Crippen LogP contribution in [0, 0.1) is 5.92 Å². The molecular weight excluding hydrogens is 280 g/mol. The Hall–Kier alpha value is -2.34. The molecule has 6 heteroatoms. The van der Waals surface area contributed by atoms with Crippen molar-refractivity contribution in [2.24, 2.45) is 11.7 Å². The predicted octanol–water partition coefficient (Wildman–Crippen LogP) is 1.30. The molecule has 1 aromatic carbocycles. The van der Waals surface area contributed by atoms with Crippen LogP contribution in [0.25, 0.3) is 5.69 Å². The Bertz CT molecular complexity index is 650. The smallest absolute Gasteiger partial charge is 0.274 e. The van der Waals surface area contributed by atoms with Gasteiger partial charge in [0.1, 0.15) is 5.75 Å². The van der Waals surface area contributed by atoms with Gasteiger partial charge in [0, 0.05) is 19.3 Å². The number of likely N-dealkylation sites (tertiary alicyclic amines) is 1. The molecular formula is C16H20N4O2. The van der Waals surface area contributed by atoms with E-state index < -0.39 is 0 Å². The van der Waals surface area contributed by atoms with Crippen molar-refractivity contribution in [1.29, 1.82) is 0 Å². The van der Waals surface area contributed by atoms with Crippen molar-refractivity contribution in [2.45, 2.75) is 6.42 Å². The van der Waals surface area contributed by atoms with Crippen LogP contribution in [0.1, 0.15) is 16.9 Å². The van der Waals surface area contributed by atoms with E-state index in [9.17, 15) is 4.79 Å². The Morgan fingerprint density at radius 3 is 2.77 bits per heavy atom. The molecule has 1 atom stereocenters. The molecule has 0 radical (unpaired) electrons. The van der Waals surface area contributed by atoms with Crippen LogP contribution in [0.2, 0.25) is 0 Å². The van der Waals surface area contributed by atoms with Crippen LogP contribution in [-0.4, -0.2) is 47.3 Å². The SMILES string of the molecule is COc1ccc(-n2ccc(C(=O)N3CC[C@@H](CN)C3)n2)cc1. The molecule has 22 heavy (non-hydrogen) atoms. The molecule has 0 spiro atoms. The van der Waals surface area contributed by atoms with Gasteiger partial charge in [-0.15, -0.1) is 0 Å². The zero-order valence-electron chi connectivity index (χ0n) is 12.6. The number of nitrogens with zero attached hydrogens (tertiary/aromatic N) is 3. The molecule has 2 aromatic rings. The quantitative estimate of drug-likeness (QED) is 0.923. The molecule has 1 aromatic heterocycles. The highest BCUT2D eigenvalue weighted by molar-refractivity contribution is 5.92. The van der Waals surface area contributed by atoms with Crippen molar-refractivity contribution < 1.29 is 9.53 Å². The summed E-state index contributed by atoms with van der Waals surface area (Å²) < 4.78 is 6.83. The van der Waals surface area contributed by atoms with Crippen LogP contribution in [-0.2, 0) is 0 Å². The van der Waals surface area contributed by atoms with E-state index >= 15 is 0 Å². The van der Waals surface area contributed by atoms with Gasteiger partial charge in [-0.05, 0) is 49.2 Å². The number of ether oxygens (including phenoxy) is 1. The minimum absolute atomic E-state index is 0.0248. The first-order valence-corrected chi connectivity index (χ1v) is 7.40. The number of benzene rings is 1. The summed E-state index contributed by atoms with van der Waals surface area (Å²) in [5, 5.41) is 4.38. The van der Waals surface area contributed by atoms with Gasteiger partial charge >= 0.3 is 0 Å². The van der Waals surface area contributed by atoms with Gasteiger partial charge in [0.2, 0.25) is 0 Å². The highest BCUT2D eigenvalue weighted by atomic mass is 16.5. The van der Waals surface area contributed by atoms with E-state index in [1.807, 2.05) is 29.2 Å². The largest absolute Gasteiger partial charge is 0.497 e. The average Bonchev–Trinajstić information content (AvgIpc) is 3.23. The van der Waals surface area contributed by atoms with Crippen molar-refractivity contribution in [3.8, 4) is 11.4 Å². The first-order chi connectivity index (χ1) is 10.7. The molecule has 0 saturated carbocycles. The van der Waals surface area contributed by atoms with Crippen molar-refractivity contribution in [3.05, 3.63) is 42.2 Å².